The minimum Gasteiger partial charge on any atom is -0.497 e. The Hall–Kier alpha value is -1.83. The Morgan fingerprint density at radius 1 is 1.08 bits per heavy atom. The van der Waals surface area contributed by atoms with Crippen LogP contribution in [-0.4, -0.2) is 75.9 Å². The summed E-state index contributed by atoms with van der Waals surface area (Å²) in [7, 11) is 4.84. The minimum atomic E-state index is -0.579. The van der Waals surface area contributed by atoms with Crippen molar-refractivity contribution >= 4 is 5.91 Å². The third kappa shape index (κ3) is 4.83. The van der Waals surface area contributed by atoms with Gasteiger partial charge in [0, 0.05) is 45.9 Å². The predicted molar refractivity (Wildman–Crippen MR) is 91.3 cm³/mol. The number of piperazine rings is 1. The van der Waals surface area contributed by atoms with Crippen LogP contribution >= 0.6 is 0 Å². The van der Waals surface area contributed by atoms with Crippen molar-refractivity contribution in [2.45, 2.75) is 12.6 Å². The Labute approximate surface area is 143 Å². The van der Waals surface area contributed by atoms with Crippen molar-refractivity contribution in [3.63, 3.8) is 0 Å². The van der Waals surface area contributed by atoms with Crippen LogP contribution in [0.2, 0.25) is 0 Å². The van der Waals surface area contributed by atoms with Gasteiger partial charge in [0.2, 0.25) is 5.91 Å². The van der Waals surface area contributed by atoms with Crippen LogP contribution in [0, 0.1) is 0 Å². The number of amides is 1. The van der Waals surface area contributed by atoms with Crippen molar-refractivity contribution in [3.05, 3.63) is 23.8 Å². The van der Waals surface area contributed by atoms with Crippen LogP contribution in [0.5, 0.6) is 11.5 Å². The van der Waals surface area contributed by atoms with E-state index in [9.17, 15) is 4.79 Å². The lowest BCUT2D eigenvalue weighted by Gasteiger charge is -2.35. The van der Waals surface area contributed by atoms with E-state index in [-0.39, 0.29) is 12.5 Å². The van der Waals surface area contributed by atoms with E-state index in [0.29, 0.717) is 13.1 Å². The van der Waals surface area contributed by atoms with Crippen LogP contribution in [0.25, 0.3) is 0 Å². The maximum atomic E-state index is 12.2. The molecule has 1 amide bonds. The van der Waals surface area contributed by atoms with Crippen LogP contribution in [-0.2, 0) is 16.1 Å². The van der Waals surface area contributed by atoms with Gasteiger partial charge in [0.15, 0.2) is 0 Å². The molecule has 1 heterocycles. The second kappa shape index (κ2) is 8.86. The van der Waals surface area contributed by atoms with Crippen molar-refractivity contribution in [1.29, 1.82) is 0 Å². The third-order valence-corrected chi connectivity index (χ3v) is 4.16. The largest absolute Gasteiger partial charge is 0.497 e. The molecule has 0 aliphatic carbocycles. The molecule has 0 spiro atoms. The summed E-state index contributed by atoms with van der Waals surface area (Å²) in [5, 5.41) is 0. The van der Waals surface area contributed by atoms with E-state index in [0.717, 1.165) is 36.7 Å². The second-order valence-corrected chi connectivity index (χ2v) is 5.88. The van der Waals surface area contributed by atoms with Gasteiger partial charge in [-0.15, -0.1) is 0 Å². The molecule has 0 aromatic heterocycles. The molecule has 7 nitrogen and oxygen atoms in total. The molecule has 24 heavy (non-hydrogen) atoms. The Balaban J connectivity index is 1.90. The number of hydrogen-bond donors (Lipinski definition) is 1. The van der Waals surface area contributed by atoms with Crippen LogP contribution < -0.4 is 15.2 Å². The summed E-state index contributed by atoms with van der Waals surface area (Å²) in [6, 6.07) is 5.30. The van der Waals surface area contributed by atoms with Crippen LogP contribution in [0.4, 0.5) is 0 Å². The highest BCUT2D eigenvalue weighted by Gasteiger charge is 2.25. The Morgan fingerprint density at radius 3 is 2.17 bits per heavy atom. The van der Waals surface area contributed by atoms with Crippen molar-refractivity contribution in [2.24, 2.45) is 5.73 Å². The highest BCUT2D eigenvalue weighted by Crippen LogP contribution is 2.23. The molecule has 134 valence electrons. The summed E-state index contributed by atoms with van der Waals surface area (Å²) in [4.78, 5) is 16.3. The summed E-state index contributed by atoms with van der Waals surface area (Å²) in [5.41, 5.74) is 6.95. The molecule has 0 saturated carbocycles. The fourth-order valence-electron chi connectivity index (χ4n) is 2.83. The zero-order valence-electron chi connectivity index (χ0n) is 14.7. The molecule has 1 aliphatic rings. The van der Waals surface area contributed by atoms with Crippen LogP contribution in [0.15, 0.2) is 18.2 Å². The van der Waals surface area contributed by atoms with Gasteiger partial charge in [-0.1, -0.05) is 0 Å². The molecule has 2 N–H and O–H groups in total. The van der Waals surface area contributed by atoms with E-state index in [1.807, 2.05) is 23.1 Å². The fraction of sp³-hybridized carbons (Fsp3) is 0.588. The normalized spacial score (nSPS) is 16.8. The number of ether oxygens (including phenoxy) is 3. The molecule has 1 aliphatic heterocycles. The van der Waals surface area contributed by atoms with Crippen LogP contribution in [0.3, 0.4) is 0 Å². The van der Waals surface area contributed by atoms with E-state index in [1.165, 1.54) is 0 Å². The van der Waals surface area contributed by atoms with Gasteiger partial charge in [-0.05, 0) is 17.7 Å². The van der Waals surface area contributed by atoms with E-state index in [1.54, 1.807) is 21.3 Å². The monoisotopic (exact) mass is 337 g/mol. The first-order valence-corrected chi connectivity index (χ1v) is 8.05. The quantitative estimate of drug-likeness (QED) is 0.772. The highest BCUT2D eigenvalue weighted by molar-refractivity contribution is 5.81. The average Bonchev–Trinajstić information content (AvgIpc) is 2.61. The molecule has 0 bridgehead atoms. The number of rotatable bonds is 7. The number of benzene rings is 1. The molecule has 2 rings (SSSR count). The Bertz CT molecular complexity index is 522. The maximum absolute atomic E-state index is 12.2. The van der Waals surface area contributed by atoms with Gasteiger partial charge in [0.05, 0.1) is 20.8 Å². The zero-order chi connectivity index (χ0) is 17.5. The smallest absolute Gasteiger partial charge is 0.241 e. The number of carbonyl (C=O) groups is 1. The predicted octanol–water partition coefficient (Wildman–Crippen LogP) is 0.322. The lowest BCUT2D eigenvalue weighted by atomic mass is 10.1. The van der Waals surface area contributed by atoms with E-state index < -0.39 is 6.04 Å². The van der Waals surface area contributed by atoms with Crippen molar-refractivity contribution < 1.29 is 19.0 Å². The van der Waals surface area contributed by atoms with Gasteiger partial charge < -0.3 is 24.8 Å². The third-order valence-electron chi connectivity index (χ3n) is 4.16. The molecule has 1 fully saturated rings. The minimum absolute atomic E-state index is 0.0421. The topological polar surface area (TPSA) is 77.3 Å². The number of hydrogen-bond acceptors (Lipinski definition) is 6. The van der Waals surface area contributed by atoms with Gasteiger partial charge >= 0.3 is 0 Å². The van der Waals surface area contributed by atoms with Crippen LogP contribution in [0.1, 0.15) is 5.56 Å². The first kappa shape index (κ1) is 18.5. The van der Waals surface area contributed by atoms with Gasteiger partial charge in [-0.2, -0.15) is 0 Å². The first-order chi connectivity index (χ1) is 11.6. The summed E-state index contributed by atoms with van der Waals surface area (Å²) >= 11 is 0. The van der Waals surface area contributed by atoms with Crippen molar-refractivity contribution in [3.8, 4) is 11.5 Å². The molecule has 1 saturated heterocycles. The number of nitrogens with zero attached hydrogens (tertiary/aromatic N) is 2. The van der Waals surface area contributed by atoms with Gasteiger partial charge in [0.1, 0.15) is 17.5 Å². The number of nitrogens with two attached hydrogens (primary N) is 1. The van der Waals surface area contributed by atoms with E-state index in [4.69, 9.17) is 19.9 Å². The maximum Gasteiger partial charge on any atom is 0.241 e. The molecule has 1 aromatic carbocycles. The molecular formula is C17H27N3O4. The van der Waals surface area contributed by atoms with E-state index >= 15 is 0 Å². The van der Waals surface area contributed by atoms with Gasteiger partial charge in [0.25, 0.3) is 0 Å². The summed E-state index contributed by atoms with van der Waals surface area (Å²) in [6.07, 6.45) is 0. The average molecular weight is 337 g/mol. The van der Waals surface area contributed by atoms with Gasteiger partial charge in [-0.25, -0.2) is 0 Å². The number of carbonyl (C=O) groups excluding carboxylic acids is 1. The summed E-state index contributed by atoms with van der Waals surface area (Å²) in [5.74, 6) is 1.52. The second-order valence-electron chi connectivity index (χ2n) is 5.88. The van der Waals surface area contributed by atoms with Gasteiger partial charge in [-0.3, -0.25) is 9.69 Å². The number of methoxy groups -OCH3 is 3. The molecule has 0 radical (unpaired) electrons. The summed E-state index contributed by atoms with van der Waals surface area (Å²) < 4.78 is 15.6. The van der Waals surface area contributed by atoms with Crippen molar-refractivity contribution in [2.75, 3.05) is 54.1 Å². The fourth-order valence-corrected chi connectivity index (χ4v) is 2.83. The zero-order valence-corrected chi connectivity index (χ0v) is 14.7. The van der Waals surface area contributed by atoms with Crippen molar-refractivity contribution in [1.82, 2.24) is 9.80 Å². The highest BCUT2D eigenvalue weighted by atomic mass is 16.5. The molecule has 1 atom stereocenters. The standard InChI is InChI=1S/C17H27N3O4/c1-22-12-16(18)17(21)20-6-4-19(5-7-20)11-13-8-14(23-2)10-15(9-13)24-3/h8-10,16H,4-7,11-12,18H2,1-3H3. The molecular weight excluding hydrogens is 310 g/mol. The SMILES string of the molecule is COCC(N)C(=O)N1CCN(Cc2cc(OC)cc(OC)c2)CC1. The summed E-state index contributed by atoms with van der Waals surface area (Å²) in [6.45, 7) is 4.02. The first-order valence-electron chi connectivity index (χ1n) is 8.05. The van der Waals surface area contributed by atoms with E-state index in [2.05, 4.69) is 4.90 Å². The molecule has 1 unspecified atom stereocenters. The Kier molecular flexibility index (Phi) is 6.84. The lowest BCUT2D eigenvalue weighted by molar-refractivity contribution is -0.135. The Morgan fingerprint density at radius 2 is 1.67 bits per heavy atom. The molecule has 1 aromatic rings. The lowest BCUT2D eigenvalue weighted by Crippen LogP contribution is -2.53. The molecule has 7 heteroatoms.